The Morgan fingerprint density at radius 1 is 1.16 bits per heavy atom. The van der Waals surface area contributed by atoms with Crippen molar-refractivity contribution < 1.29 is 4.79 Å². The van der Waals surface area contributed by atoms with Crippen LogP contribution < -0.4 is 5.32 Å². The highest BCUT2D eigenvalue weighted by atomic mass is 16.1. The molecule has 0 spiro atoms. The molecule has 0 aliphatic heterocycles. The molecule has 1 amide bonds. The van der Waals surface area contributed by atoms with Gasteiger partial charge in [0, 0.05) is 30.7 Å². The van der Waals surface area contributed by atoms with Crippen molar-refractivity contribution in [1.29, 1.82) is 5.26 Å². The number of hydrogen-bond donors (Lipinski definition) is 1. The lowest BCUT2D eigenvalue weighted by molar-refractivity contribution is -0.116. The number of rotatable bonds is 5. The molecule has 0 radical (unpaired) electrons. The SMILES string of the molecule is N#Cc1ccc(C=CC(=O)NCc2ccc(-n3ccnc3)cc2)cc1. The van der Waals surface area contributed by atoms with Crippen LogP contribution in [0.3, 0.4) is 0 Å². The zero-order chi connectivity index (χ0) is 17.5. The minimum absolute atomic E-state index is 0.164. The van der Waals surface area contributed by atoms with Gasteiger partial charge in [0.05, 0.1) is 18.0 Å². The highest BCUT2D eigenvalue weighted by molar-refractivity contribution is 5.91. The number of carbonyl (C=O) groups is 1. The van der Waals surface area contributed by atoms with Crippen LogP contribution in [0.1, 0.15) is 16.7 Å². The molecule has 3 aromatic rings. The fourth-order valence-electron chi connectivity index (χ4n) is 2.29. The second kappa shape index (κ2) is 7.75. The molecule has 25 heavy (non-hydrogen) atoms. The average Bonchev–Trinajstić information content (AvgIpc) is 3.20. The lowest BCUT2D eigenvalue weighted by atomic mass is 10.1. The van der Waals surface area contributed by atoms with Gasteiger partial charge in [0.25, 0.3) is 0 Å². The summed E-state index contributed by atoms with van der Waals surface area (Å²) < 4.78 is 1.92. The summed E-state index contributed by atoms with van der Waals surface area (Å²) in [4.78, 5) is 15.9. The lowest BCUT2D eigenvalue weighted by Crippen LogP contribution is -2.20. The summed E-state index contributed by atoms with van der Waals surface area (Å²) in [5, 5.41) is 11.6. The topological polar surface area (TPSA) is 70.7 Å². The van der Waals surface area contributed by atoms with Gasteiger partial charge in [0.15, 0.2) is 0 Å². The minimum Gasteiger partial charge on any atom is -0.348 e. The van der Waals surface area contributed by atoms with E-state index in [1.54, 1.807) is 42.9 Å². The molecule has 0 saturated carbocycles. The van der Waals surface area contributed by atoms with Crippen LogP contribution in [0.2, 0.25) is 0 Å². The fourth-order valence-corrected chi connectivity index (χ4v) is 2.29. The summed E-state index contributed by atoms with van der Waals surface area (Å²) in [6, 6.07) is 17.0. The van der Waals surface area contributed by atoms with Gasteiger partial charge in [-0.15, -0.1) is 0 Å². The van der Waals surface area contributed by atoms with Crippen LogP contribution >= 0.6 is 0 Å². The van der Waals surface area contributed by atoms with Crippen LogP contribution in [0.15, 0.2) is 73.3 Å². The molecule has 1 aromatic heterocycles. The predicted molar refractivity (Wildman–Crippen MR) is 95.6 cm³/mol. The summed E-state index contributed by atoms with van der Waals surface area (Å²) >= 11 is 0. The zero-order valence-corrected chi connectivity index (χ0v) is 13.5. The van der Waals surface area contributed by atoms with E-state index in [0.29, 0.717) is 12.1 Å². The van der Waals surface area contributed by atoms with Gasteiger partial charge < -0.3 is 9.88 Å². The number of amides is 1. The Kier molecular flexibility index (Phi) is 5.03. The predicted octanol–water partition coefficient (Wildman–Crippen LogP) is 3.07. The molecule has 5 nitrogen and oxygen atoms in total. The van der Waals surface area contributed by atoms with Crippen LogP contribution in [0.5, 0.6) is 0 Å². The van der Waals surface area contributed by atoms with Gasteiger partial charge in [-0.25, -0.2) is 4.98 Å². The second-order valence-corrected chi connectivity index (χ2v) is 5.42. The first-order valence-corrected chi connectivity index (χ1v) is 7.78. The quantitative estimate of drug-likeness (QED) is 0.732. The van der Waals surface area contributed by atoms with Crippen molar-refractivity contribution in [3.63, 3.8) is 0 Å². The molecule has 5 heteroatoms. The molecule has 0 saturated heterocycles. The summed E-state index contributed by atoms with van der Waals surface area (Å²) in [5.41, 5.74) is 3.51. The normalized spacial score (nSPS) is 10.5. The maximum Gasteiger partial charge on any atom is 0.244 e. The van der Waals surface area contributed by atoms with E-state index in [1.807, 2.05) is 35.0 Å². The van der Waals surface area contributed by atoms with Crippen molar-refractivity contribution in [2.75, 3.05) is 0 Å². The first-order chi connectivity index (χ1) is 12.2. The van der Waals surface area contributed by atoms with Gasteiger partial charge in [-0.05, 0) is 41.5 Å². The fraction of sp³-hybridized carbons (Fsp3) is 0.0500. The highest BCUT2D eigenvalue weighted by Gasteiger charge is 1.99. The zero-order valence-electron chi connectivity index (χ0n) is 13.5. The maximum atomic E-state index is 11.9. The molecular formula is C20H16N4O. The Balaban J connectivity index is 1.53. The Morgan fingerprint density at radius 3 is 2.56 bits per heavy atom. The average molecular weight is 328 g/mol. The summed E-state index contributed by atoms with van der Waals surface area (Å²) in [5.74, 6) is -0.164. The molecule has 2 aromatic carbocycles. The van der Waals surface area contributed by atoms with Crippen molar-refractivity contribution >= 4 is 12.0 Å². The van der Waals surface area contributed by atoms with Crippen molar-refractivity contribution in [2.45, 2.75) is 6.54 Å². The molecular weight excluding hydrogens is 312 g/mol. The van der Waals surface area contributed by atoms with Crippen LogP contribution in [0.25, 0.3) is 11.8 Å². The Hall–Kier alpha value is -3.65. The Bertz CT molecular complexity index is 902. The number of benzene rings is 2. The minimum atomic E-state index is -0.164. The molecule has 0 aliphatic carbocycles. The first-order valence-electron chi connectivity index (χ1n) is 7.78. The van der Waals surface area contributed by atoms with Crippen molar-refractivity contribution in [2.24, 2.45) is 0 Å². The number of carbonyl (C=O) groups excluding carboxylic acids is 1. The summed E-state index contributed by atoms with van der Waals surface area (Å²) in [6.45, 7) is 0.459. The number of aromatic nitrogens is 2. The standard InChI is InChI=1S/C20H16N4O/c21-13-17-3-1-16(2-4-17)7-10-20(25)23-14-18-5-8-19(9-6-18)24-12-11-22-15-24/h1-12,15H,14H2,(H,23,25). The van der Waals surface area contributed by atoms with Crippen LogP contribution in [0, 0.1) is 11.3 Å². The maximum absolute atomic E-state index is 11.9. The lowest BCUT2D eigenvalue weighted by Gasteiger charge is -2.05. The third kappa shape index (κ3) is 4.43. The smallest absolute Gasteiger partial charge is 0.244 e. The van der Waals surface area contributed by atoms with Gasteiger partial charge in [0.2, 0.25) is 5.91 Å². The third-order valence-electron chi connectivity index (χ3n) is 3.67. The number of hydrogen-bond acceptors (Lipinski definition) is 3. The monoisotopic (exact) mass is 328 g/mol. The van der Waals surface area contributed by atoms with E-state index in [0.717, 1.165) is 16.8 Å². The first kappa shape index (κ1) is 16.2. The van der Waals surface area contributed by atoms with E-state index in [4.69, 9.17) is 5.26 Å². The Labute approximate surface area is 145 Å². The van der Waals surface area contributed by atoms with Gasteiger partial charge >= 0.3 is 0 Å². The highest BCUT2D eigenvalue weighted by Crippen LogP contribution is 2.09. The summed E-state index contributed by atoms with van der Waals surface area (Å²) in [6.07, 6.45) is 8.56. The molecule has 122 valence electrons. The van der Waals surface area contributed by atoms with E-state index in [-0.39, 0.29) is 5.91 Å². The summed E-state index contributed by atoms with van der Waals surface area (Å²) in [7, 11) is 0. The van der Waals surface area contributed by atoms with Gasteiger partial charge in [-0.1, -0.05) is 24.3 Å². The molecule has 0 aliphatic rings. The molecule has 0 bridgehead atoms. The molecule has 0 fully saturated rings. The van der Waals surface area contributed by atoms with Crippen LogP contribution in [0.4, 0.5) is 0 Å². The molecule has 0 atom stereocenters. The van der Waals surface area contributed by atoms with Gasteiger partial charge in [-0.2, -0.15) is 5.26 Å². The van der Waals surface area contributed by atoms with E-state index in [1.165, 1.54) is 6.08 Å². The number of nitrogens with one attached hydrogen (secondary N) is 1. The number of nitriles is 1. The van der Waals surface area contributed by atoms with E-state index < -0.39 is 0 Å². The molecule has 3 rings (SSSR count). The van der Waals surface area contributed by atoms with Crippen molar-refractivity contribution in [1.82, 2.24) is 14.9 Å². The molecule has 0 unspecified atom stereocenters. The largest absolute Gasteiger partial charge is 0.348 e. The second-order valence-electron chi connectivity index (χ2n) is 5.42. The van der Waals surface area contributed by atoms with Crippen LogP contribution in [-0.2, 0) is 11.3 Å². The van der Waals surface area contributed by atoms with E-state index in [2.05, 4.69) is 16.4 Å². The third-order valence-corrected chi connectivity index (χ3v) is 3.67. The Morgan fingerprint density at radius 2 is 1.92 bits per heavy atom. The van der Waals surface area contributed by atoms with Crippen LogP contribution in [-0.4, -0.2) is 15.5 Å². The van der Waals surface area contributed by atoms with E-state index >= 15 is 0 Å². The van der Waals surface area contributed by atoms with Gasteiger partial charge in [0.1, 0.15) is 0 Å². The van der Waals surface area contributed by atoms with Gasteiger partial charge in [-0.3, -0.25) is 4.79 Å². The van der Waals surface area contributed by atoms with E-state index in [9.17, 15) is 4.79 Å². The molecule has 1 heterocycles. The van der Waals surface area contributed by atoms with Crippen molar-refractivity contribution in [3.8, 4) is 11.8 Å². The molecule has 1 N–H and O–H groups in total. The van der Waals surface area contributed by atoms with Crippen molar-refractivity contribution in [3.05, 3.63) is 90.0 Å². The number of imidazole rings is 1. The number of nitrogens with zero attached hydrogens (tertiary/aromatic N) is 3.